The van der Waals surface area contributed by atoms with Crippen LogP contribution in [0.3, 0.4) is 0 Å². The lowest BCUT2D eigenvalue weighted by Gasteiger charge is -2.21. The van der Waals surface area contributed by atoms with Gasteiger partial charge in [-0.2, -0.15) is 5.10 Å². The van der Waals surface area contributed by atoms with Crippen LogP contribution in [0, 0.1) is 17.0 Å². The first-order valence-corrected chi connectivity index (χ1v) is 9.85. The number of aromatic nitrogens is 2. The molecule has 1 aliphatic rings. The molecule has 0 aliphatic carbocycles. The van der Waals surface area contributed by atoms with E-state index < -0.39 is 34.4 Å². The zero-order valence-electron chi connectivity index (χ0n) is 16.9. The molecule has 1 aliphatic heterocycles. The van der Waals surface area contributed by atoms with Crippen molar-refractivity contribution in [2.24, 2.45) is 0 Å². The van der Waals surface area contributed by atoms with E-state index >= 15 is 0 Å². The van der Waals surface area contributed by atoms with E-state index in [0.29, 0.717) is 22.2 Å². The molecule has 2 aromatic carbocycles. The lowest BCUT2D eigenvalue weighted by atomic mass is 10.1. The molecule has 0 saturated carbocycles. The Morgan fingerprint density at radius 1 is 1.16 bits per heavy atom. The highest BCUT2D eigenvalue weighted by molar-refractivity contribution is 6.30. The zero-order valence-corrected chi connectivity index (χ0v) is 17.7. The number of aryl methyl sites for hydroxylation is 1. The van der Waals surface area contributed by atoms with Gasteiger partial charge in [0.15, 0.2) is 0 Å². The summed E-state index contributed by atoms with van der Waals surface area (Å²) in [6, 6.07) is 11.0. The minimum absolute atomic E-state index is 0.108. The standard InChI is InChI=1S/C21H16ClN5O5/c1-11-9-17(26(24-11)14-6-3-5-13(22)10-14)23-19(28)12(2)25-20(29)15-7-4-8-16(27(31)32)18(15)21(25)30/h3-10,12H,1-2H3,(H,23,28)/t12-/m0/s1. The van der Waals surface area contributed by atoms with Gasteiger partial charge in [-0.05, 0) is 38.1 Å². The van der Waals surface area contributed by atoms with Crippen molar-refractivity contribution in [2.45, 2.75) is 19.9 Å². The summed E-state index contributed by atoms with van der Waals surface area (Å²) in [5.41, 5.74) is 0.311. The fourth-order valence-corrected chi connectivity index (χ4v) is 3.72. The fourth-order valence-electron chi connectivity index (χ4n) is 3.53. The number of imide groups is 1. The molecule has 0 saturated heterocycles. The Bertz CT molecular complexity index is 1300. The number of carbonyl (C=O) groups is 3. The molecule has 3 aromatic rings. The zero-order chi connectivity index (χ0) is 23.2. The molecule has 162 valence electrons. The largest absolute Gasteiger partial charge is 0.309 e. The number of hydrogen-bond acceptors (Lipinski definition) is 6. The van der Waals surface area contributed by atoms with E-state index in [1.54, 1.807) is 37.3 Å². The van der Waals surface area contributed by atoms with E-state index in [1.807, 2.05) is 0 Å². The van der Waals surface area contributed by atoms with Crippen molar-refractivity contribution >= 4 is 40.8 Å². The van der Waals surface area contributed by atoms with E-state index in [9.17, 15) is 24.5 Å². The van der Waals surface area contributed by atoms with Gasteiger partial charge in [-0.3, -0.25) is 29.4 Å². The van der Waals surface area contributed by atoms with Crippen LogP contribution in [0.2, 0.25) is 5.02 Å². The van der Waals surface area contributed by atoms with Crippen molar-refractivity contribution in [3.63, 3.8) is 0 Å². The normalized spacial score (nSPS) is 13.8. The second kappa shape index (κ2) is 7.89. The molecule has 0 bridgehead atoms. The number of nitro benzene ring substituents is 1. The number of amides is 3. The highest BCUT2D eigenvalue weighted by atomic mass is 35.5. The molecule has 11 heteroatoms. The summed E-state index contributed by atoms with van der Waals surface area (Å²) in [5.74, 6) is -2.01. The number of fused-ring (bicyclic) bond motifs is 1. The first-order chi connectivity index (χ1) is 15.2. The molecule has 0 radical (unpaired) electrons. The summed E-state index contributed by atoms with van der Waals surface area (Å²) in [6.07, 6.45) is 0. The van der Waals surface area contributed by atoms with Gasteiger partial charge in [0.2, 0.25) is 5.91 Å². The maximum Gasteiger partial charge on any atom is 0.282 e. The molecule has 32 heavy (non-hydrogen) atoms. The Balaban J connectivity index is 1.62. The molecule has 0 fully saturated rings. The third-order valence-corrected chi connectivity index (χ3v) is 5.26. The van der Waals surface area contributed by atoms with E-state index in [0.717, 1.165) is 11.0 Å². The average Bonchev–Trinajstić information content (AvgIpc) is 3.24. The van der Waals surface area contributed by atoms with Crippen molar-refractivity contribution in [3.05, 3.63) is 80.5 Å². The number of nitrogens with one attached hydrogen (secondary N) is 1. The van der Waals surface area contributed by atoms with Crippen molar-refractivity contribution in [1.82, 2.24) is 14.7 Å². The van der Waals surface area contributed by atoms with Crippen LogP contribution >= 0.6 is 11.6 Å². The van der Waals surface area contributed by atoms with Crippen LogP contribution in [0.5, 0.6) is 0 Å². The third kappa shape index (κ3) is 3.50. The van der Waals surface area contributed by atoms with Gasteiger partial charge >= 0.3 is 0 Å². The number of rotatable bonds is 5. The van der Waals surface area contributed by atoms with Gasteiger partial charge in [-0.15, -0.1) is 0 Å². The first kappa shape index (κ1) is 21.2. The molecular weight excluding hydrogens is 438 g/mol. The predicted molar refractivity (Wildman–Crippen MR) is 115 cm³/mol. The molecule has 2 heterocycles. The van der Waals surface area contributed by atoms with Crippen molar-refractivity contribution in [2.75, 3.05) is 5.32 Å². The molecule has 0 unspecified atom stereocenters. The number of halogens is 1. The summed E-state index contributed by atoms with van der Waals surface area (Å²) in [6.45, 7) is 3.11. The fraction of sp³-hybridized carbons (Fsp3) is 0.143. The SMILES string of the molecule is Cc1cc(NC(=O)[C@H](C)N2C(=O)c3cccc([N+](=O)[O-])c3C2=O)n(-c2cccc(Cl)c2)n1. The Kier molecular flexibility index (Phi) is 5.23. The number of anilines is 1. The van der Waals surface area contributed by atoms with Crippen LogP contribution in [0.15, 0.2) is 48.5 Å². The van der Waals surface area contributed by atoms with E-state index in [1.165, 1.54) is 23.7 Å². The number of hydrogen-bond donors (Lipinski definition) is 1. The molecule has 0 spiro atoms. The average molecular weight is 454 g/mol. The van der Waals surface area contributed by atoms with Crippen LogP contribution in [0.25, 0.3) is 5.69 Å². The quantitative estimate of drug-likeness (QED) is 0.358. The maximum absolute atomic E-state index is 13.0. The van der Waals surface area contributed by atoms with Crippen LogP contribution in [0.1, 0.15) is 33.3 Å². The molecular formula is C21H16ClN5O5. The Hall–Kier alpha value is -4.05. The van der Waals surface area contributed by atoms with Crippen molar-refractivity contribution in [3.8, 4) is 5.69 Å². The second-order valence-electron chi connectivity index (χ2n) is 7.16. The third-order valence-electron chi connectivity index (χ3n) is 5.02. The molecule has 1 aromatic heterocycles. The van der Waals surface area contributed by atoms with E-state index in [4.69, 9.17) is 11.6 Å². The summed E-state index contributed by atoms with van der Waals surface area (Å²) < 4.78 is 1.47. The molecule has 1 atom stereocenters. The van der Waals surface area contributed by atoms with Crippen molar-refractivity contribution in [1.29, 1.82) is 0 Å². The highest BCUT2D eigenvalue weighted by Crippen LogP contribution is 2.32. The first-order valence-electron chi connectivity index (χ1n) is 9.48. The van der Waals surface area contributed by atoms with Gasteiger partial charge in [0.25, 0.3) is 17.5 Å². The Morgan fingerprint density at radius 3 is 2.56 bits per heavy atom. The minimum Gasteiger partial charge on any atom is -0.309 e. The molecule has 1 N–H and O–H groups in total. The van der Waals surface area contributed by atoms with Crippen LogP contribution in [0.4, 0.5) is 11.5 Å². The Morgan fingerprint density at radius 2 is 1.88 bits per heavy atom. The number of carbonyl (C=O) groups excluding carboxylic acids is 3. The lowest BCUT2D eigenvalue weighted by molar-refractivity contribution is -0.385. The lowest BCUT2D eigenvalue weighted by Crippen LogP contribution is -2.45. The molecule has 4 rings (SSSR count). The maximum atomic E-state index is 13.0. The smallest absolute Gasteiger partial charge is 0.282 e. The monoisotopic (exact) mass is 453 g/mol. The summed E-state index contributed by atoms with van der Waals surface area (Å²) in [7, 11) is 0. The van der Waals surface area contributed by atoms with Gasteiger partial charge in [-0.1, -0.05) is 23.7 Å². The van der Waals surface area contributed by atoms with Gasteiger partial charge in [0.05, 0.1) is 21.9 Å². The Labute approximate surface area is 186 Å². The summed E-state index contributed by atoms with van der Waals surface area (Å²) in [5, 5.41) is 18.8. The topological polar surface area (TPSA) is 127 Å². The van der Waals surface area contributed by atoms with E-state index in [-0.39, 0.29) is 11.1 Å². The van der Waals surface area contributed by atoms with Gasteiger partial charge < -0.3 is 5.32 Å². The van der Waals surface area contributed by atoms with Gasteiger partial charge in [0, 0.05) is 17.2 Å². The van der Waals surface area contributed by atoms with Crippen LogP contribution in [-0.4, -0.2) is 43.4 Å². The van der Waals surface area contributed by atoms with Crippen molar-refractivity contribution < 1.29 is 19.3 Å². The molecule has 3 amide bonds. The second-order valence-corrected chi connectivity index (χ2v) is 7.60. The highest BCUT2D eigenvalue weighted by Gasteiger charge is 2.45. The number of nitrogens with zero attached hydrogens (tertiary/aromatic N) is 4. The van der Waals surface area contributed by atoms with Crippen LogP contribution < -0.4 is 5.32 Å². The van der Waals surface area contributed by atoms with Gasteiger partial charge in [0.1, 0.15) is 17.4 Å². The summed E-state index contributed by atoms with van der Waals surface area (Å²) >= 11 is 6.05. The molecule has 10 nitrogen and oxygen atoms in total. The van der Waals surface area contributed by atoms with Crippen LogP contribution in [-0.2, 0) is 4.79 Å². The minimum atomic E-state index is -1.23. The van der Waals surface area contributed by atoms with E-state index in [2.05, 4.69) is 10.4 Å². The summed E-state index contributed by atoms with van der Waals surface area (Å²) in [4.78, 5) is 49.9. The predicted octanol–water partition coefficient (Wildman–Crippen LogP) is 3.37. The number of nitro groups is 1. The van der Waals surface area contributed by atoms with Gasteiger partial charge in [-0.25, -0.2) is 4.68 Å². The number of benzene rings is 2.